The zero-order valence-electron chi connectivity index (χ0n) is 13.4. The molecule has 3 rings (SSSR count). The van der Waals surface area contributed by atoms with Gasteiger partial charge in [-0.3, -0.25) is 9.80 Å². The van der Waals surface area contributed by atoms with Crippen LogP contribution in [0.4, 0.5) is 0 Å². The highest BCUT2D eigenvalue weighted by molar-refractivity contribution is 7.10. The average molecular weight is 308 g/mol. The SMILES string of the molecule is CCC(N)C(c1sccc1C)N1CCC(N2CCCC2)C1. The average Bonchev–Trinajstić information content (AvgIpc) is 3.20. The summed E-state index contributed by atoms with van der Waals surface area (Å²) in [5.74, 6) is 0. The molecule has 0 saturated carbocycles. The van der Waals surface area contributed by atoms with Gasteiger partial charge < -0.3 is 5.73 Å². The molecule has 4 heteroatoms. The van der Waals surface area contributed by atoms with Crippen LogP contribution in [0.1, 0.15) is 49.1 Å². The van der Waals surface area contributed by atoms with Crippen LogP contribution in [0.5, 0.6) is 0 Å². The van der Waals surface area contributed by atoms with Crippen molar-refractivity contribution in [3.05, 3.63) is 21.9 Å². The van der Waals surface area contributed by atoms with E-state index in [1.165, 1.54) is 55.9 Å². The molecule has 2 N–H and O–H groups in total. The number of nitrogens with two attached hydrogens (primary N) is 1. The first-order valence-electron chi connectivity index (χ1n) is 8.48. The van der Waals surface area contributed by atoms with Gasteiger partial charge in [0.2, 0.25) is 0 Å². The first kappa shape index (κ1) is 15.5. The lowest BCUT2D eigenvalue weighted by Gasteiger charge is -2.33. The van der Waals surface area contributed by atoms with Crippen molar-refractivity contribution in [2.45, 2.75) is 57.7 Å². The van der Waals surface area contributed by atoms with Crippen molar-refractivity contribution in [3.63, 3.8) is 0 Å². The van der Waals surface area contributed by atoms with E-state index in [4.69, 9.17) is 5.73 Å². The Balaban J connectivity index is 1.74. The number of aryl methyl sites for hydroxylation is 1. The molecule has 0 aromatic carbocycles. The molecule has 1 aromatic heterocycles. The molecule has 0 spiro atoms. The second-order valence-corrected chi connectivity index (χ2v) is 7.61. The highest BCUT2D eigenvalue weighted by atomic mass is 32.1. The highest BCUT2D eigenvalue weighted by Gasteiger charge is 2.36. The van der Waals surface area contributed by atoms with E-state index in [1.807, 2.05) is 11.3 Å². The van der Waals surface area contributed by atoms with Crippen LogP contribution in [0.15, 0.2) is 11.4 Å². The molecule has 118 valence electrons. The van der Waals surface area contributed by atoms with Gasteiger partial charge in [0.1, 0.15) is 0 Å². The van der Waals surface area contributed by atoms with Crippen LogP contribution in [0, 0.1) is 6.92 Å². The Morgan fingerprint density at radius 3 is 2.71 bits per heavy atom. The number of hydrogen-bond donors (Lipinski definition) is 1. The van der Waals surface area contributed by atoms with Gasteiger partial charge in [0, 0.05) is 30.1 Å². The summed E-state index contributed by atoms with van der Waals surface area (Å²) >= 11 is 1.89. The maximum absolute atomic E-state index is 6.51. The molecule has 0 bridgehead atoms. The summed E-state index contributed by atoms with van der Waals surface area (Å²) in [6.45, 7) is 9.47. The minimum Gasteiger partial charge on any atom is -0.326 e. The van der Waals surface area contributed by atoms with Crippen molar-refractivity contribution in [2.75, 3.05) is 26.2 Å². The smallest absolute Gasteiger partial charge is 0.0596 e. The molecule has 3 heterocycles. The molecule has 2 aliphatic heterocycles. The Labute approximate surface area is 133 Å². The molecule has 1 aromatic rings. The summed E-state index contributed by atoms with van der Waals surface area (Å²) in [7, 11) is 0. The van der Waals surface area contributed by atoms with Crippen LogP contribution in [0.3, 0.4) is 0 Å². The predicted molar refractivity (Wildman–Crippen MR) is 90.8 cm³/mol. The third-order valence-electron chi connectivity index (χ3n) is 5.29. The topological polar surface area (TPSA) is 32.5 Å². The minimum atomic E-state index is 0.250. The molecule has 3 unspecified atom stereocenters. The molecule has 3 atom stereocenters. The lowest BCUT2D eigenvalue weighted by molar-refractivity contribution is 0.181. The number of nitrogens with zero attached hydrogens (tertiary/aromatic N) is 2. The molecule has 3 nitrogen and oxygen atoms in total. The number of thiophene rings is 1. The summed E-state index contributed by atoms with van der Waals surface area (Å²) < 4.78 is 0. The summed E-state index contributed by atoms with van der Waals surface area (Å²) in [5, 5.41) is 2.22. The normalized spacial score (nSPS) is 27.3. The van der Waals surface area contributed by atoms with Crippen molar-refractivity contribution in [2.24, 2.45) is 5.73 Å². The van der Waals surface area contributed by atoms with Gasteiger partial charge in [-0.25, -0.2) is 0 Å². The van der Waals surface area contributed by atoms with E-state index in [0.29, 0.717) is 6.04 Å². The van der Waals surface area contributed by atoms with Gasteiger partial charge >= 0.3 is 0 Å². The van der Waals surface area contributed by atoms with Gasteiger partial charge in [-0.05, 0) is 62.7 Å². The van der Waals surface area contributed by atoms with Crippen molar-refractivity contribution in [3.8, 4) is 0 Å². The molecule has 0 radical (unpaired) electrons. The molecule has 0 aliphatic carbocycles. The standard InChI is InChI=1S/C17H29N3S/c1-3-15(18)16(17-13(2)7-11-21-17)20-10-6-14(12-20)19-8-4-5-9-19/h7,11,14-16H,3-6,8-10,12,18H2,1-2H3. The van der Waals surface area contributed by atoms with E-state index in [0.717, 1.165) is 12.5 Å². The third kappa shape index (κ3) is 3.19. The Bertz CT molecular complexity index is 453. The van der Waals surface area contributed by atoms with Crippen LogP contribution >= 0.6 is 11.3 Å². The fourth-order valence-electron chi connectivity index (χ4n) is 3.97. The van der Waals surface area contributed by atoms with Gasteiger partial charge in [-0.1, -0.05) is 6.92 Å². The van der Waals surface area contributed by atoms with Gasteiger partial charge in [-0.2, -0.15) is 0 Å². The first-order chi connectivity index (χ1) is 10.2. The monoisotopic (exact) mass is 307 g/mol. The van der Waals surface area contributed by atoms with Gasteiger partial charge in [0.05, 0.1) is 6.04 Å². The van der Waals surface area contributed by atoms with Crippen molar-refractivity contribution in [1.82, 2.24) is 9.80 Å². The summed E-state index contributed by atoms with van der Waals surface area (Å²) in [4.78, 5) is 6.86. The second kappa shape index (κ2) is 6.78. The summed E-state index contributed by atoms with van der Waals surface area (Å²) in [5.41, 5.74) is 7.92. The largest absolute Gasteiger partial charge is 0.326 e. The van der Waals surface area contributed by atoms with Crippen molar-refractivity contribution < 1.29 is 0 Å². The Morgan fingerprint density at radius 2 is 2.10 bits per heavy atom. The van der Waals surface area contributed by atoms with E-state index < -0.39 is 0 Å². The third-order valence-corrected chi connectivity index (χ3v) is 6.38. The lowest BCUT2D eigenvalue weighted by atomic mass is 10.0. The van der Waals surface area contributed by atoms with E-state index in [9.17, 15) is 0 Å². The zero-order valence-corrected chi connectivity index (χ0v) is 14.2. The van der Waals surface area contributed by atoms with Crippen LogP contribution in [-0.4, -0.2) is 48.1 Å². The fourth-order valence-corrected chi connectivity index (χ4v) is 5.10. The molecule has 2 aliphatic rings. The lowest BCUT2D eigenvalue weighted by Crippen LogP contribution is -2.42. The maximum Gasteiger partial charge on any atom is 0.0596 e. The highest BCUT2D eigenvalue weighted by Crippen LogP contribution is 2.35. The van der Waals surface area contributed by atoms with Crippen LogP contribution in [0.2, 0.25) is 0 Å². The molecular weight excluding hydrogens is 278 g/mol. The van der Waals surface area contributed by atoms with Crippen LogP contribution < -0.4 is 5.73 Å². The van der Waals surface area contributed by atoms with Gasteiger partial charge in [-0.15, -0.1) is 11.3 Å². The molecule has 2 fully saturated rings. The van der Waals surface area contributed by atoms with E-state index in [1.54, 1.807) is 0 Å². The Morgan fingerprint density at radius 1 is 1.33 bits per heavy atom. The Kier molecular flexibility index (Phi) is 4.99. The number of rotatable bonds is 5. The molecular formula is C17H29N3S. The summed E-state index contributed by atoms with van der Waals surface area (Å²) in [6.07, 6.45) is 5.14. The Hall–Kier alpha value is -0.420. The summed E-state index contributed by atoms with van der Waals surface area (Å²) in [6, 6.07) is 3.67. The minimum absolute atomic E-state index is 0.250. The quantitative estimate of drug-likeness (QED) is 0.907. The molecule has 2 saturated heterocycles. The van der Waals surface area contributed by atoms with Gasteiger partial charge in [0.25, 0.3) is 0 Å². The fraction of sp³-hybridized carbons (Fsp3) is 0.765. The number of likely N-dealkylation sites (tertiary alicyclic amines) is 2. The molecule has 21 heavy (non-hydrogen) atoms. The van der Waals surface area contributed by atoms with Crippen molar-refractivity contribution in [1.29, 1.82) is 0 Å². The molecule has 0 amide bonds. The van der Waals surface area contributed by atoms with Crippen LogP contribution in [-0.2, 0) is 0 Å². The second-order valence-electron chi connectivity index (χ2n) is 6.67. The van der Waals surface area contributed by atoms with E-state index in [2.05, 4.69) is 35.1 Å². The van der Waals surface area contributed by atoms with Crippen LogP contribution in [0.25, 0.3) is 0 Å². The van der Waals surface area contributed by atoms with Gasteiger partial charge in [0.15, 0.2) is 0 Å². The van der Waals surface area contributed by atoms with Crippen molar-refractivity contribution >= 4 is 11.3 Å². The number of hydrogen-bond acceptors (Lipinski definition) is 4. The predicted octanol–water partition coefficient (Wildman–Crippen LogP) is 3.01. The van der Waals surface area contributed by atoms with E-state index >= 15 is 0 Å². The maximum atomic E-state index is 6.51. The zero-order chi connectivity index (χ0) is 14.8. The van der Waals surface area contributed by atoms with E-state index in [-0.39, 0.29) is 6.04 Å². The first-order valence-corrected chi connectivity index (χ1v) is 9.36.